The summed E-state index contributed by atoms with van der Waals surface area (Å²) in [6.45, 7) is 13.8. The Morgan fingerprint density at radius 2 is 1.94 bits per heavy atom. The van der Waals surface area contributed by atoms with Crippen LogP contribution >= 0.6 is 0 Å². The van der Waals surface area contributed by atoms with Crippen LogP contribution in [-0.2, 0) is 5.41 Å². The van der Waals surface area contributed by atoms with Crippen LogP contribution in [-0.4, -0.2) is 31.5 Å². The summed E-state index contributed by atoms with van der Waals surface area (Å²) < 4.78 is 0. The van der Waals surface area contributed by atoms with Crippen molar-refractivity contribution in [3.63, 3.8) is 0 Å². The lowest BCUT2D eigenvalue weighted by Gasteiger charge is -2.27. The Labute approximate surface area is 182 Å². The van der Waals surface area contributed by atoms with E-state index in [9.17, 15) is 0 Å². The predicted octanol–water partition coefficient (Wildman–Crippen LogP) is 5.06. The minimum atomic E-state index is 0.0718. The first-order valence-electron chi connectivity index (χ1n) is 10.6. The highest BCUT2D eigenvalue weighted by Gasteiger charge is 2.33. The molecule has 0 unspecified atom stereocenters. The number of nitrogens with zero attached hydrogens (tertiary/aromatic N) is 5. The van der Waals surface area contributed by atoms with E-state index >= 15 is 0 Å². The standard InChI is InChI=1S/C25H27N6/c1-16-6-9-21(31-26-10-11-27-31)22(12-16)30-15-17(2)13-23(30)24-28-19-8-7-18(25(3,4)5)14-20(19)29-24/h6-8,10-12,14,23H,2,13,15H2,1,3-5H3,(H,28,29)/t23-/m0/s1. The molecule has 0 saturated carbocycles. The predicted molar refractivity (Wildman–Crippen MR) is 124 cm³/mol. The van der Waals surface area contributed by atoms with Crippen molar-refractivity contribution in [2.75, 3.05) is 11.4 Å². The van der Waals surface area contributed by atoms with Gasteiger partial charge in [0, 0.05) is 12.6 Å². The smallest absolute Gasteiger partial charge is 0.130 e. The van der Waals surface area contributed by atoms with Crippen molar-refractivity contribution in [1.82, 2.24) is 25.0 Å². The summed E-state index contributed by atoms with van der Waals surface area (Å²) in [6.07, 6.45) is 4.22. The van der Waals surface area contributed by atoms with Crippen LogP contribution < -0.4 is 4.90 Å². The van der Waals surface area contributed by atoms with Gasteiger partial charge >= 0.3 is 0 Å². The normalized spacial score (nSPS) is 17.1. The van der Waals surface area contributed by atoms with Crippen LogP contribution in [0, 0.1) is 13.0 Å². The molecule has 0 amide bonds. The van der Waals surface area contributed by atoms with Gasteiger partial charge in [0.2, 0.25) is 0 Å². The Kier molecular flexibility index (Phi) is 4.46. The Morgan fingerprint density at radius 3 is 2.68 bits per heavy atom. The molecule has 2 aromatic heterocycles. The van der Waals surface area contributed by atoms with Crippen LogP contribution in [0.2, 0.25) is 0 Å². The number of nitrogens with one attached hydrogen (secondary N) is 1. The van der Waals surface area contributed by atoms with E-state index < -0.39 is 0 Å². The summed E-state index contributed by atoms with van der Waals surface area (Å²) in [5.41, 5.74) is 7.63. The third kappa shape index (κ3) is 3.52. The van der Waals surface area contributed by atoms with Crippen molar-refractivity contribution in [1.29, 1.82) is 0 Å². The molecule has 1 fully saturated rings. The molecule has 0 bridgehead atoms. The van der Waals surface area contributed by atoms with Crippen LogP contribution in [0.5, 0.6) is 0 Å². The van der Waals surface area contributed by atoms with Crippen molar-refractivity contribution in [3.8, 4) is 5.69 Å². The fourth-order valence-corrected chi connectivity index (χ4v) is 4.24. The number of imidazole rings is 1. The molecule has 5 rings (SSSR count). The number of hydrogen-bond donors (Lipinski definition) is 1. The number of hydrogen-bond acceptors (Lipinski definition) is 4. The van der Waals surface area contributed by atoms with Gasteiger partial charge in [0.25, 0.3) is 0 Å². The van der Waals surface area contributed by atoms with Gasteiger partial charge in [-0.25, -0.2) is 4.98 Å². The van der Waals surface area contributed by atoms with Gasteiger partial charge in [-0.15, -0.1) is 4.80 Å². The summed E-state index contributed by atoms with van der Waals surface area (Å²) in [7, 11) is 0. The monoisotopic (exact) mass is 411 g/mol. The van der Waals surface area contributed by atoms with Crippen LogP contribution in [0.25, 0.3) is 16.7 Å². The Hall–Kier alpha value is -3.41. The third-order valence-corrected chi connectivity index (χ3v) is 5.91. The van der Waals surface area contributed by atoms with Crippen LogP contribution in [0.1, 0.15) is 50.2 Å². The van der Waals surface area contributed by atoms with Crippen molar-refractivity contribution in [2.24, 2.45) is 0 Å². The number of rotatable bonds is 3. The van der Waals surface area contributed by atoms with Crippen molar-refractivity contribution >= 4 is 16.7 Å². The van der Waals surface area contributed by atoms with Gasteiger partial charge < -0.3 is 9.88 Å². The number of benzene rings is 2. The summed E-state index contributed by atoms with van der Waals surface area (Å²) in [6, 6.07) is 14.1. The Bertz CT molecular complexity index is 1260. The van der Waals surface area contributed by atoms with E-state index in [-0.39, 0.29) is 11.5 Å². The summed E-state index contributed by atoms with van der Waals surface area (Å²) in [5, 5.41) is 8.67. The topological polar surface area (TPSA) is 62.6 Å². The molecule has 1 aliphatic heterocycles. The first kappa shape index (κ1) is 19.5. The third-order valence-electron chi connectivity index (χ3n) is 5.91. The first-order valence-corrected chi connectivity index (χ1v) is 10.6. The molecule has 3 heterocycles. The van der Waals surface area contributed by atoms with E-state index in [1.165, 1.54) is 11.1 Å². The summed E-state index contributed by atoms with van der Waals surface area (Å²) >= 11 is 0. The molecule has 157 valence electrons. The zero-order valence-electron chi connectivity index (χ0n) is 18.5. The maximum atomic E-state index is 5.01. The van der Waals surface area contributed by atoms with Gasteiger partial charge in [0.1, 0.15) is 11.5 Å². The van der Waals surface area contributed by atoms with Gasteiger partial charge in [0.15, 0.2) is 0 Å². The van der Waals surface area contributed by atoms with Gasteiger partial charge in [-0.2, -0.15) is 10.2 Å². The van der Waals surface area contributed by atoms with Crippen LogP contribution in [0.3, 0.4) is 0 Å². The van der Waals surface area contributed by atoms with Crippen molar-refractivity contribution < 1.29 is 0 Å². The zero-order chi connectivity index (χ0) is 21.8. The number of fused-ring (bicyclic) bond motifs is 1. The number of H-pyrrole nitrogens is 1. The quantitative estimate of drug-likeness (QED) is 0.479. The molecule has 1 radical (unpaired) electrons. The highest BCUT2D eigenvalue weighted by molar-refractivity contribution is 5.77. The number of anilines is 1. The maximum Gasteiger partial charge on any atom is 0.130 e. The van der Waals surface area contributed by atoms with E-state index in [1.54, 1.807) is 17.2 Å². The lowest BCUT2D eigenvalue weighted by atomic mass is 9.87. The molecule has 1 atom stereocenters. The van der Waals surface area contributed by atoms with E-state index in [4.69, 9.17) is 4.98 Å². The summed E-state index contributed by atoms with van der Waals surface area (Å²) in [5.74, 6) is 0.959. The van der Waals surface area contributed by atoms with Gasteiger partial charge in [0.05, 0.1) is 35.2 Å². The fourth-order valence-electron chi connectivity index (χ4n) is 4.24. The zero-order valence-corrected chi connectivity index (χ0v) is 18.5. The van der Waals surface area contributed by atoms with Crippen LogP contribution in [0.4, 0.5) is 5.69 Å². The van der Waals surface area contributed by atoms with E-state index in [2.05, 4.69) is 84.7 Å². The van der Waals surface area contributed by atoms with Crippen molar-refractivity contribution in [2.45, 2.75) is 45.6 Å². The molecule has 1 saturated heterocycles. The number of aromatic amines is 1. The summed E-state index contributed by atoms with van der Waals surface area (Å²) in [4.78, 5) is 12.5. The Balaban J connectivity index is 1.59. The molecule has 1 aliphatic rings. The second-order valence-corrected chi connectivity index (χ2v) is 9.43. The molecule has 0 aliphatic carbocycles. The lowest BCUT2D eigenvalue weighted by molar-refractivity contribution is 0.591. The molecule has 6 heteroatoms. The average Bonchev–Trinajstić information content (AvgIpc) is 3.45. The van der Waals surface area contributed by atoms with E-state index in [0.717, 1.165) is 46.8 Å². The fraction of sp³-hybridized carbons (Fsp3) is 0.320. The molecule has 2 aromatic carbocycles. The van der Waals surface area contributed by atoms with E-state index in [1.807, 2.05) is 6.07 Å². The minimum Gasteiger partial charge on any atom is -0.355 e. The molecule has 4 aromatic rings. The second-order valence-electron chi connectivity index (χ2n) is 9.43. The van der Waals surface area contributed by atoms with Gasteiger partial charge in [-0.3, -0.25) is 0 Å². The SMILES string of the molecule is C=C1C[C@@H](c2nc3cc(C(C)(C)C)ccc3[nH]2)N(c2cc(C)c[c]c2-n2nccn2)C1. The largest absolute Gasteiger partial charge is 0.355 e. The first-order chi connectivity index (χ1) is 14.8. The van der Waals surface area contributed by atoms with Gasteiger partial charge in [-0.1, -0.05) is 39.0 Å². The molecule has 1 N–H and O–H groups in total. The molecular weight excluding hydrogens is 384 g/mol. The van der Waals surface area contributed by atoms with Crippen LogP contribution in [0.15, 0.2) is 54.9 Å². The van der Waals surface area contributed by atoms with Crippen molar-refractivity contribution in [3.05, 3.63) is 77.9 Å². The molecule has 31 heavy (non-hydrogen) atoms. The Morgan fingerprint density at radius 1 is 1.16 bits per heavy atom. The van der Waals surface area contributed by atoms with Gasteiger partial charge in [-0.05, 0) is 54.2 Å². The number of aromatic nitrogens is 5. The van der Waals surface area contributed by atoms with E-state index in [0.29, 0.717) is 0 Å². The molecule has 0 spiro atoms. The molecule has 6 nitrogen and oxygen atoms in total. The minimum absolute atomic E-state index is 0.0718. The highest BCUT2D eigenvalue weighted by atomic mass is 15.5. The molecular formula is C25H27N6. The average molecular weight is 412 g/mol. The number of aryl methyl sites for hydroxylation is 1. The highest BCUT2D eigenvalue weighted by Crippen LogP contribution is 2.40. The lowest BCUT2D eigenvalue weighted by Crippen LogP contribution is -2.25. The maximum absolute atomic E-state index is 5.01. The second kappa shape index (κ2) is 7.08.